The zero-order valence-corrected chi connectivity index (χ0v) is 24.3. The summed E-state index contributed by atoms with van der Waals surface area (Å²) in [5.41, 5.74) is -1.38. The molecule has 0 radical (unpaired) electrons. The molecule has 1 aliphatic heterocycles. The first kappa shape index (κ1) is 42.9. The quantitative estimate of drug-likeness (QED) is 0.196. The second-order valence-electron chi connectivity index (χ2n) is 10.3. The Morgan fingerprint density at radius 2 is 0.900 bits per heavy atom. The molecule has 50 heavy (non-hydrogen) atoms. The highest BCUT2D eigenvalue weighted by Crippen LogP contribution is 2.67. The molecule has 1 aromatic carbocycles. The number of halogens is 18. The van der Waals surface area contributed by atoms with E-state index in [-0.39, 0.29) is 0 Å². The Balaban J connectivity index is 3.35. The van der Waals surface area contributed by atoms with Crippen LogP contribution < -0.4 is 0 Å². The van der Waals surface area contributed by atoms with Crippen molar-refractivity contribution >= 4 is 11.9 Å². The summed E-state index contributed by atoms with van der Waals surface area (Å²) in [5.74, 6) is -80.5. The van der Waals surface area contributed by atoms with Crippen molar-refractivity contribution in [3.05, 3.63) is 35.9 Å². The van der Waals surface area contributed by atoms with E-state index in [0.29, 0.717) is 38.1 Å². The number of hydrogen-bond acceptors (Lipinski definition) is 7. The summed E-state index contributed by atoms with van der Waals surface area (Å²) in [4.78, 5) is 26.0. The van der Waals surface area contributed by atoms with Gasteiger partial charge in [0.1, 0.15) is 11.8 Å². The molecule has 1 saturated heterocycles. The summed E-state index contributed by atoms with van der Waals surface area (Å²) in [6.07, 6.45) is -15.6. The molecule has 0 saturated carbocycles. The van der Waals surface area contributed by atoms with Crippen LogP contribution in [-0.4, -0.2) is 94.8 Å². The summed E-state index contributed by atoms with van der Waals surface area (Å²) in [6.45, 7) is -0.992. The molecule has 1 aromatic rings. The number of alkyl halides is 18. The molecule has 1 unspecified atom stereocenters. The fraction of sp³-hybridized carbons (Fsp3) is 0.680. The fourth-order valence-electron chi connectivity index (χ4n) is 4.90. The summed E-state index contributed by atoms with van der Waals surface area (Å²) in [6, 6.07) is 2.76. The van der Waals surface area contributed by atoms with E-state index < -0.39 is 108 Å². The molecule has 288 valence electrons. The molecule has 0 bridgehead atoms. The molecule has 1 aliphatic rings. The predicted molar refractivity (Wildman–Crippen MR) is 122 cm³/mol. The van der Waals surface area contributed by atoms with Crippen molar-refractivity contribution in [2.75, 3.05) is 13.2 Å². The predicted octanol–water partition coefficient (Wildman–Crippen LogP) is 6.47. The molecule has 0 aliphatic carbocycles. The molecule has 0 aromatic heterocycles. The molecule has 25 heteroatoms. The van der Waals surface area contributed by atoms with E-state index >= 15 is 17.6 Å². The molecule has 7 nitrogen and oxygen atoms in total. The lowest BCUT2D eigenvalue weighted by molar-refractivity contribution is -0.529. The number of carbonyl (C=O) groups is 2. The Morgan fingerprint density at radius 1 is 0.600 bits per heavy atom. The number of aliphatic hydroxyl groups is 2. The number of esters is 2. The smallest absolute Gasteiger partial charge is 0.460 e. The molecule has 2 rings (SSSR count). The molecular weight excluding hydrogens is 754 g/mol. The van der Waals surface area contributed by atoms with Crippen molar-refractivity contribution in [1.29, 1.82) is 0 Å². The largest absolute Gasteiger partial charge is 0.466 e. The maximum atomic E-state index is 15.7. The summed E-state index contributed by atoms with van der Waals surface area (Å²) in [5, 5.41) is 21.7. The number of rotatable bonds is 11. The number of benzene rings is 1. The van der Waals surface area contributed by atoms with Gasteiger partial charge in [0.05, 0.1) is 13.2 Å². The molecule has 5 atom stereocenters. The average Bonchev–Trinajstić information content (AvgIpc) is 2.95. The van der Waals surface area contributed by atoms with Crippen molar-refractivity contribution < 1.29 is 113 Å². The van der Waals surface area contributed by atoms with Gasteiger partial charge in [0.2, 0.25) is 0 Å². The summed E-state index contributed by atoms with van der Waals surface area (Å²) >= 11 is 0. The van der Waals surface area contributed by atoms with Gasteiger partial charge in [-0.15, -0.1) is 0 Å². The lowest BCUT2D eigenvalue weighted by Crippen LogP contribution is -2.82. The minimum absolute atomic E-state index is 0.316. The highest BCUT2D eigenvalue weighted by atomic mass is 19.4. The highest BCUT2D eigenvalue weighted by molar-refractivity contribution is 5.81. The van der Waals surface area contributed by atoms with E-state index in [0.717, 1.165) is 6.07 Å². The van der Waals surface area contributed by atoms with E-state index in [1.165, 1.54) is 0 Å². The number of ether oxygens (including phenoxy) is 3. The van der Waals surface area contributed by atoms with Gasteiger partial charge in [-0.3, -0.25) is 9.59 Å². The van der Waals surface area contributed by atoms with Crippen molar-refractivity contribution in [2.45, 2.75) is 79.2 Å². The van der Waals surface area contributed by atoms with Crippen LogP contribution in [0.5, 0.6) is 0 Å². The van der Waals surface area contributed by atoms with Crippen molar-refractivity contribution in [3.63, 3.8) is 0 Å². The molecule has 1 fully saturated rings. The van der Waals surface area contributed by atoms with Gasteiger partial charge < -0.3 is 24.4 Å². The zero-order chi connectivity index (χ0) is 39.5. The standard InChI is InChI=1S/C25H20F18O7/c1-3-48-14(44)12-11(10-8-6-5-7-9-10)13(15(45)49-4-2)17(47,19(28,29)21(32,33)23(36,37)25(41,42)43)50-16(12,46)18(26,27)20(30,31)22(34,35)24(38,39)40/h5-9,11-13,46-47H,3-4H2,1-2H3/t11?,12-,13+,16-,17-/m0/s1. The second-order valence-corrected chi connectivity index (χ2v) is 10.3. The van der Waals surface area contributed by atoms with Gasteiger partial charge in [0.15, 0.2) is 0 Å². The van der Waals surface area contributed by atoms with Crippen LogP contribution >= 0.6 is 0 Å². The van der Waals surface area contributed by atoms with Crippen LogP contribution in [0, 0.1) is 11.8 Å². The first-order chi connectivity index (χ1) is 22.2. The van der Waals surface area contributed by atoms with Crippen LogP contribution in [0.1, 0.15) is 25.3 Å². The van der Waals surface area contributed by atoms with Gasteiger partial charge in [-0.1, -0.05) is 30.3 Å². The summed E-state index contributed by atoms with van der Waals surface area (Å²) < 4.78 is 267. The van der Waals surface area contributed by atoms with E-state index in [1.54, 1.807) is 0 Å². The maximum absolute atomic E-state index is 15.7. The second kappa shape index (κ2) is 12.8. The Bertz CT molecular complexity index is 1310. The lowest BCUT2D eigenvalue weighted by Gasteiger charge is -2.57. The van der Waals surface area contributed by atoms with Crippen molar-refractivity contribution in [3.8, 4) is 0 Å². The molecular formula is C25H20F18O7. The van der Waals surface area contributed by atoms with Gasteiger partial charge in [-0.2, -0.15) is 79.0 Å². The van der Waals surface area contributed by atoms with Gasteiger partial charge in [0, 0.05) is 5.92 Å². The lowest BCUT2D eigenvalue weighted by atomic mass is 9.63. The minimum atomic E-state index is -8.30. The molecule has 0 spiro atoms. The van der Waals surface area contributed by atoms with Crippen molar-refractivity contribution in [1.82, 2.24) is 0 Å². The van der Waals surface area contributed by atoms with E-state index in [2.05, 4.69) is 14.2 Å². The van der Waals surface area contributed by atoms with Gasteiger partial charge in [-0.05, 0) is 19.4 Å². The third-order valence-electron chi connectivity index (χ3n) is 7.33. The molecule has 0 amide bonds. The van der Waals surface area contributed by atoms with Crippen LogP contribution in [-0.2, 0) is 23.8 Å². The summed E-state index contributed by atoms with van der Waals surface area (Å²) in [7, 11) is 0. The average molecular weight is 774 g/mol. The van der Waals surface area contributed by atoms with Crippen LogP contribution in [0.25, 0.3) is 0 Å². The first-order valence-corrected chi connectivity index (χ1v) is 13.1. The van der Waals surface area contributed by atoms with E-state index in [9.17, 15) is 81.3 Å². The third kappa shape index (κ3) is 5.88. The van der Waals surface area contributed by atoms with Crippen LogP contribution in [0.15, 0.2) is 30.3 Å². The Kier molecular flexibility index (Phi) is 11.0. The monoisotopic (exact) mass is 774 g/mol. The van der Waals surface area contributed by atoms with Crippen LogP contribution in [0.3, 0.4) is 0 Å². The fourth-order valence-corrected chi connectivity index (χ4v) is 4.90. The normalized spacial score (nSPS) is 26.4. The van der Waals surface area contributed by atoms with Gasteiger partial charge >= 0.3 is 59.8 Å². The maximum Gasteiger partial charge on any atom is 0.460 e. The SMILES string of the molecule is CCOC(=O)[C@@H]1C(c2ccccc2)[C@H](C(=O)OCC)[C@@](O)(C(F)(F)C(F)(F)C(F)(F)C(F)(F)F)O[C@]1(O)C(F)(F)C(F)(F)C(F)(F)C(F)(F)F. The van der Waals surface area contributed by atoms with E-state index in [4.69, 9.17) is 0 Å². The zero-order valence-electron chi connectivity index (χ0n) is 24.3. The highest BCUT2D eigenvalue weighted by Gasteiger charge is 2.94. The minimum Gasteiger partial charge on any atom is -0.466 e. The van der Waals surface area contributed by atoms with Crippen LogP contribution in [0.4, 0.5) is 79.0 Å². The van der Waals surface area contributed by atoms with Crippen LogP contribution in [0.2, 0.25) is 0 Å². The Labute approximate surface area is 266 Å². The van der Waals surface area contributed by atoms with Crippen molar-refractivity contribution in [2.24, 2.45) is 11.8 Å². The third-order valence-corrected chi connectivity index (χ3v) is 7.33. The first-order valence-electron chi connectivity index (χ1n) is 13.1. The molecule has 1 heterocycles. The molecule has 2 N–H and O–H groups in total. The topological polar surface area (TPSA) is 102 Å². The number of hydrogen-bond donors (Lipinski definition) is 2. The number of carbonyl (C=O) groups excluding carboxylic acids is 2. The Hall–Kier alpha value is -3.22. The van der Waals surface area contributed by atoms with Gasteiger partial charge in [-0.25, -0.2) is 0 Å². The Morgan fingerprint density at radius 3 is 1.16 bits per heavy atom. The van der Waals surface area contributed by atoms with E-state index in [1.807, 2.05) is 0 Å². The van der Waals surface area contributed by atoms with Gasteiger partial charge in [0.25, 0.3) is 11.6 Å².